The van der Waals surface area contributed by atoms with E-state index in [9.17, 15) is 19.5 Å². The van der Waals surface area contributed by atoms with Crippen LogP contribution in [-0.4, -0.2) is 51.7 Å². The van der Waals surface area contributed by atoms with Crippen molar-refractivity contribution in [2.24, 2.45) is 5.10 Å². The molecular weight excluding hydrogens is 500 g/mol. The van der Waals surface area contributed by atoms with Crippen LogP contribution in [0.2, 0.25) is 0 Å². The third-order valence-corrected chi connectivity index (χ3v) is 5.79. The van der Waals surface area contributed by atoms with Gasteiger partial charge in [-0.3, -0.25) is 4.79 Å². The summed E-state index contributed by atoms with van der Waals surface area (Å²) in [5, 5.41) is 20.6. The second-order valence-electron chi connectivity index (χ2n) is 8.61. The number of ether oxygens (including phenoxy) is 2. The Morgan fingerprint density at radius 3 is 2.05 bits per heavy atom. The number of aromatic nitrogens is 2. The molecule has 0 aliphatic carbocycles. The van der Waals surface area contributed by atoms with Crippen LogP contribution in [0.5, 0.6) is 5.88 Å². The Kier molecular flexibility index (Phi) is 8.04. The number of benzene rings is 2. The Labute approximate surface area is 225 Å². The lowest BCUT2D eigenvalue weighted by atomic mass is 10.1. The number of aryl methyl sites for hydroxylation is 2. The summed E-state index contributed by atoms with van der Waals surface area (Å²) in [6.45, 7) is 7.39. The molecule has 3 aromatic rings. The molecule has 200 valence electrons. The standard InChI is InChI=1S/C29H28N4O6/c1-5-38-28(36)24-22(26(34)32(30-24)20-14-10-18(3)11-15-20)8-7-9-23-25(29(37)39-6-2)31-33(27(23)35)21-16-12-19(4)13-17-21/h7-17,34H,5-6H2,1-4H3. The molecule has 2 heterocycles. The number of carbonyl (C=O) groups excluding carboxylic acids is 3. The average molecular weight is 529 g/mol. The highest BCUT2D eigenvalue weighted by Gasteiger charge is 2.35. The van der Waals surface area contributed by atoms with Gasteiger partial charge < -0.3 is 14.6 Å². The Morgan fingerprint density at radius 2 is 1.46 bits per heavy atom. The third kappa shape index (κ3) is 5.64. The number of nitrogens with zero attached hydrogens (tertiary/aromatic N) is 4. The van der Waals surface area contributed by atoms with Crippen molar-refractivity contribution in [2.45, 2.75) is 27.7 Å². The van der Waals surface area contributed by atoms with Gasteiger partial charge in [-0.1, -0.05) is 41.5 Å². The molecule has 1 amide bonds. The van der Waals surface area contributed by atoms with Gasteiger partial charge in [0.15, 0.2) is 11.4 Å². The monoisotopic (exact) mass is 528 g/mol. The van der Waals surface area contributed by atoms with Crippen LogP contribution in [0.1, 0.15) is 41.0 Å². The molecule has 0 atom stereocenters. The van der Waals surface area contributed by atoms with Gasteiger partial charge in [-0.15, -0.1) is 0 Å². The van der Waals surface area contributed by atoms with Gasteiger partial charge in [0.25, 0.3) is 5.91 Å². The normalized spacial score (nSPS) is 14.3. The fourth-order valence-corrected chi connectivity index (χ4v) is 3.81. The van der Waals surface area contributed by atoms with Crippen LogP contribution in [0.15, 0.2) is 71.4 Å². The van der Waals surface area contributed by atoms with Crippen LogP contribution in [0, 0.1) is 13.8 Å². The molecule has 1 aliphatic rings. The highest BCUT2D eigenvalue weighted by atomic mass is 16.5. The number of hydrogen-bond donors (Lipinski definition) is 1. The van der Waals surface area contributed by atoms with Crippen molar-refractivity contribution in [3.05, 3.63) is 88.6 Å². The minimum absolute atomic E-state index is 0.00613. The van der Waals surface area contributed by atoms with Crippen molar-refractivity contribution in [3.63, 3.8) is 0 Å². The van der Waals surface area contributed by atoms with E-state index in [1.54, 1.807) is 38.1 Å². The lowest BCUT2D eigenvalue weighted by Gasteiger charge is -2.11. The van der Waals surface area contributed by atoms with E-state index in [4.69, 9.17) is 9.47 Å². The van der Waals surface area contributed by atoms with Gasteiger partial charge in [0, 0.05) is 0 Å². The van der Waals surface area contributed by atoms with E-state index < -0.39 is 17.8 Å². The van der Waals surface area contributed by atoms with E-state index in [1.165, 1.54) is 22.9 Å². The first-order chi connectivity index (χ1) is 18.7. The lowest BCUT2D eigenvalue weighted by Crippen LogP contribution is -2.22. The zero-order chi connectivity index (χ0) is 28.1. The van der Waals surface area contributed by atoms with Crippen LogP contribution in [0.3, 0.4) is 0 Å². The summed E-state index contributed by atoms with van der Waals surface area (Å²) in [6, 6.07) is 14.3. The van der Waals surface area contributed by atoms with E-state index in [-0.39, 0.29) is 41.6 Å². The van der Waals surface area contributed by atoms with Crippen molar-refractivity contribution >= 4 is 35.3 Å². The molecule has 0 bridgehead atoms. The largest absolute Gasteiger partial charge is 0.493 e. The number of amides is 1. The van der Waals surface area contributed by atoms with E-state index in [0.29, 0.717) is 11.4 Å². The van der Waals surface area contributed by atoms with Crippen LogP contribution in [0.4, 0.5) is 5.69 Å². The van der Waals surface area contributed by atoms with Gasteiger partial charge >= 0.3 is 11.9 Å². The number of aromatic hydroxyl groups is 1. The van der Waals surface area contributed by atoms with Crippen molar-refractivity contribution in [1.29, 1.82) is 0 Å². The molecule has 0 spiro atoms. The topological polar surface area (TPSA) is 123 Å². The molecule has 1 N–H and O–H groups in total. The van der Waals surface area contributed by atoms with Crippen molar-refractivity contribution < 1.29 is 29.0 Å². The molecular formula is C29H28N4O6. The minimum atomic E-state index is -0.748. The van der Waals surface area contributed by atoms with Gasteiger partial charge in [-0.05, 0) is 64.1 Å². The number of carbonyl (C=O) groups is 3. The molecule has 0 saturated carbocycles. The molecule has 0 radical (unpaired) electrons. The van der Waals surface area contributed by atoms with Crippen LogP contribution < -0.4 is 5.01 Å². The van der Waals surface area contributed by atoms with Gasteiger partial charge in [0.1, 0.15) is 0 Å². The molecule has 4 rings (SSSR count). The Balaban J connectivity index is 1.73. The Morgan fingerprint density at radius 1 is 0.897 bits per heavy atom. The smallest absolute Gasteiger partial charge is 0.359 e. The molecule has 0 unspecified atom stereocenters. The number of hydrogen-bond acceptors (Lipinski definition) is 8. The van der Waals surface area contributed by atoms with Gasteiger partial charge in [-0.25, -0.2) is 9.59 Å². The maximum Gasteiger partial charge on any atom is 0.359 e. The minimum Gasteiger partial charge on any atom is -0.493 e. The number of hydrazone groups is 1. The number of anilines is 1. The summed E-state index contributed by atoms with van der Waals surface area (Å²) in [7, 11) is 0. The second kappa shape index (κ2) is 11.6. The summed E-state index contributed by atoms with van der Waals surface area (Å²) in [6.07, 6.45) is 4.22. The summed E-state index contributed by atoms with van der Waals surface area (Å²) in [4.78, 5) is 38.5. The number of esters is 2. The molecule has 2 aromatic carbocycles. The predicted molar refractivity (Wildman–Crippen MR) is 146 cm³/mol. The van der Waals surface area contributed by atoms with E-state index in [1.807, 2.05) is 38.1 Å². The Bertz CT molecular complexity index is 1500. The quantitative estimate of drug-likeness (QED) is 0.342. The zero-order valence-corrected chi connectivity index (χ0v) is 22.0. The van der Waals surface area contributed by atoms with E-state index in [0.717, 1.165) is 16.1 Å². The molecule has 0 fully saturated rings. The van der Waals surface area contributed by atoms with Crippen LogP contribution >= 0.6 is 0 Å². The van der Waals surface area contributed by atoms with Gasteiger partial charge in [0.05, 0.1) is 35.7 Å². The summed E-state index contributed by atoms with van der Waals surface area (Å²) >= 11 is 0. The highest BCUT2D eigenvalue weighted by Crippen LogP contribution is 2.28. The highest BCUT2D eigenvalue weighted by molar-refractivity contribution is 6.53. The van der Waals surface area contributed by atoms with Gasteiger partial charge in [-0.2, -0.15) is 19.9 Å². The SMILES string of the molecule is CCOC(=O)C1=NN(c2ccc(C)cc2)C(=O)C1=CC=Cc1c(C(=O)OCC)nn(-c2ccc(C)cc2)c1O. The fourth-order valence-electron chi connectivity index (χ4n) is 3.81. The van der Waals surface area contributed by atoms with Crippen LogP contribution in [-0.2, 0) is 19.1 Å². The summed E-state index contributed by atoms with van der Waals surface area (Å²) < 4.78 is 11.4. The fraction of sp³-hybridized carbons (Fsp3) is 0.207. The molecule has 10 nitrogen and oxygen atoms in total. The maximum absolute atomic E-state index is 13.3. The Hall–Kier alpha value is -4.99. The molecule has 0 saturated heterocycles. The van der Waals surface area contributed by atoms with Crippen molar-refractivity contribution in [2.75, 3.05) is 18.2 Å². The summed E-state index contributed by atoms with van der Waals surface area (Å²) in [5.41, 5.74) is 2.86. The van der Waals surface area contributed by atoms with Crippen LogP contribution in [0.25, 0.3) is 11.8 Å². The summed E-state index contributed by atoms with van der Waals surface area (Å²) in [5.74, 6) is -2.30. The predicted octanol–water partition coefficient (Wildman–Crippen LogP) is 4.28. The maximum atomic E-state index is 13.3. The lowest BCUT2D eigenvalue weighted by molar-refractivity contribution is -0.135. The van der Waals surface area contributed by atoms with E-state index in [2.05, 4.69) is 10.2 Å². The zero-order valence-electron chi connectivity index (χ0n) is 22.0. The molecule has 1 aliphatic heterocycles. The first kappa shape index (κ1) is 27.1. The molecule has 39 heavy (non-hydrogen) atoms. The third-order valence-electron chi connectivity index (χ3n) is 5.79. The number of rotatable bonds is 8. The molecule has 1 aromatic heterocycles. The average Bonchev–Trinajstić information content (AvgIpc) is 3.42. The number of allylic oxidation sites excluding steroid dienone is 2. The molecule has 10 heteroatoms. The van der Waals surface area contributed by atoms with Gasteiger partial charge in [0.2, 0.25) is 5.88 Å². The van der Waals surface area contributed by atoms with Crippen molar-refractivity contribution in [1.82, 2.24) is 9.78 Å². The van der Waals surface area contributed by atoms with E-state index >= 15 is 0 Å². The first-order valence-electron chi connectivity index (χ1n) is 12.4. The second-order valence-corrected chi connectivity index (χ2v) is 8.61. The van der Waals surface area contributed by atoms with Crippen molar-refractivity contribution in [3.8, 4) is 11.6 Å². The first-order valence-corrected chi connectivity index (χ1v) is 12.4.